The van der Waals surface area contributed by atoms with E-state index >= 15 is 0 Å². The maximum absolute atomic E-state index is 13.5. The molecule has 1 aromatic heterocycles. The summed E-state index contributed by atoms with van der Waals surface area (Å²) < 4.78 is 12.6. The van der Waals surface area contributed by atoms with Crippen LogP contribution >= 0.6 is 23.2 Å². The molecule has 0 aliphatic carbocycles. The molecule has 0 aliphatic heterocycles. The van der Waals surface area contributed by atoms with Crippen molar-refractivity contribution in [3.05, 3.63) is 70.0 Å². The van der Waals surface area contributed by atoms with Crippen molar-refractivity contribution >= 4 is 34.8 Å². The van der Waals surface area contributed by atoms with Crippen molar-refractivity contribution in [1.29, 1.82) is 0 Å². The van der Waals surface area contributed by atoms with E-state index in [1.807, 2.05) is 25.1 Å². The second kappa shape index (κ2) is 9.41. The van der Waals surface area contributed by atoms with Gasteiger partial charge in [-0.2, -0.15) is 5.10 Å². The van der Waals surface area contributed by atoms with Crippen LogP contribution in [-0.2, 0) is 18.3 Å². The summed E-state index contributed by atoms with van der Waals surface area (Å²) in [4.78, 5) is 15.2. The summed E-state index contributed by atoms with van der Waals surface area (Å²) in [5, 5.41) is 5.13. The fraction of sp³-hybridized carbons (Fsp3) is 0.273. The van der Waals surface area contributed by atoms with Gasteiger partial charge in [0.15, 0.2) is 0 Å². The van der Waals surface area contributed by atoms with Crippen LogP contribution in [0, 0.1) is 0 Å². The second-order valence-corrected chi connectivity index (χ2v) is 7.61. The lowest BCUT2D eigenvalue weighted by atomic mass is 10.0. The Morgan fingerprint density at radius 1 is 1.17 bits per heavy atom. The van der Waals surface area contributed by atoms with Gasteiger partial charge in [-0.1, -0.05) is 29.3 Å². The van der Waals surface area contributed by atoms with Crippen molar-refractivity contribution in [3.63, 3.8) is 0 Å². The van der Waals surface area contributed by atoms with Gasteiger partial charge in [0.1, 0.15) is 11.5 Å². The molecule has 0 aliphatic rings. The predicted octanol–water partition coefficient (Wildman–Crippen LogP) is 5.08. The van der Waals surface area contributed by atoms with Crippen molar-refractivity contribution in [2.24, 2.45) is 7.05 Å². The minimum absolute atomic E-state index is 0.0457. The summed E-state index contributed by atoms with van der Waals surface area (Å²) in [6, 6.07) is 10.3. The molecule has 0 spiro atoms. The molecule has 1 heterocycles. The third-order valence-electron chi connectivity index (χ3n) is 4.90. The third-order valence-corrected chi connectivity index (χ3v) is 5.61. The van der Waals surface area contributed by atoms with Crippen molar-refractivity contribution < 1.29 is 14.3 Å². The van der Waals surface area contributed by atoms with Gasteiger partial charge in [0.05, 0.1) is 38.6 Å². The predicted molar refractivity (Wildman–Crippen MR) is 119 cm³/mol. The van der Waals surface area contributed by atoms with Crippen LogP contribution in [0.1, 0.15) is 24.1 Å². The summed E-state index contributed by atoms with van der Waals surface area (Å²) in [6.45, 7) is 1.93. The number of carbonyl (C=O) groups excluding carboxylic acids is 1. The molecule has 8 heteroatoms. The van der Waals surface area contributed by atoms with Gasteiger partial charge in [-0.05, 0) is 42.8 Å². The molecular formula is C22H23Cl2N3O3. The van der Waals surface area contributed by atoms with Crippen LogP contribution in [0.15, 0.2) is 48.8 Å². The molecule has 3 aromatic rings. The van der Waals surface area contributed by atoms with E-state index in [1.54, 1.807) is 61.4 Å². The number of ether oxygens (including phenoxy) is 2. The molecule has 0 N–H and O–H groups in total. The first-order valence-electron chi connectivity index (χ1n) is 9.31. The Balaban J connectivity index is 2.04. The topological polar surface area (TPSA) is 56.6 Å². The number of aromatic nitrogens is 2. The van der Waals surface area contributed by atoms with Crippen molar-refractivity contribution in [2.45, 2.75) is 19.4 Å². The molecular weight excluding hydrogens is 425 g/mol. The molecule has 2 aromatic carbocycles. The van der Waals surface area contributed by atoms with Crippen molar-refractivity contribution in [2.75, 3.05) is 19.1 Å². The largest absolute Gasteiger partial charge is 0.497 e. The number of carbonyl (C=O) groups is 1. The normalized spacial score (nSPS) is 11.8. The molecule has 0 fully saturated rings. The van der Waals surface area contributed by atoms with Gasteiger partial charge in [0, 0.05) is 28.9 Å². The van der Waals surface area contributed by atoms with E-state index in [9.17, 15) is 4.79 Å². The van der Waals surface area contributed by atoms with E-state index in [-0.39, 0.29) is 18.4 Å². The van der Waals surface area contributed by atoms with Crippen molar-refractivity contribution in [3.8, 4) is 11.5 Å². The average Bonchev–Trinajstić information content (AvgIpc) is 3.16. The van der Waals surface area contributed by atoms with Crippen LogP contribution in [0.5, 0.6) is 11.5 Å². The lowest BCUT2D eigenvalue weighted by molar-refractivity contribution is -0.118. The van der Waals surface area contributed by atoms with E-state index in [4.69, 9.17) is 32.7 Å². The number of anilines is 1. The Morgan fingerprint density at radius 3 is 2.43 bits per heavy atom. The minimum Gasteiger partial charge on any atom is -0.497 e. The molecule has 6 nitrogen and oxygen atoms in total. The number of rotatable bonds is 7. The monoisotopic (exact) mass is 447 g/mol. The third kappa shape index (κ3) is 4.55. The highest BCUT2D eigenvalue weighted by Crippen LogP contribution is 2.36. The highest BCUT2D eigenvalue weighted by Gasteiger charge is 2.28. The van der Waals surface area contributed by atoms with Gasteiger partial charge in [-0.3, -0.25) is 9.48 Å². The molecule has 0 saturated carbocycles. The highest BCUT2D eigenvalue weighted by molar-refractivity contribution is 6.36. The zero-order chi connectivity index (χ0) is 21.8. The number of methoxy groups -OCH3 is 2. The summed E-state index contributed by atoms with van der Waals surface area (Å²) in [5.74, 6) is 1.15. The number of benzene rings is 2. The number of halogens is 2. The number of aryl methyl sites for hydroxylation is 1. The first-order valence-corrected chi connectivity index (χ1v) is 10.1. The molecule has 0 bridgehead atoms. The van der Waals surface area contributed by atoms with Crippen LogP contribution < -0.4 is 14.4 Å². The zero-order valence-corrected chi connectivity index (χ0v) is 18.7. The van der Waals surface area contributed by atoms with E-state index in [0.29, 0.717) is 32.8 Å². The van der Waals surface area contributed by atoms with E-state index in [2.05, 4.69) is 5.10 Å². The fourth-order valence-corrected chi connectivity index (χ4v) is 3.89. The SMILES string of the molecule is COc1ccc(OC)c(C(C)N(C(=O)Cc2c(Cl)cccc2Cl)c2cnn(C)c2)c1. The number of nitrogens with zero attached hydrogens (tertiary/aromatic N) is 3. The van der Waals surface area contributed by atoms with Crippen LogP contribution in [0.25, 0.3) is 0 Å². The highest BCUT2D eigenvalue weighted by atomic mass is 35.5. The lowest BCUT2D eigenvalue weighted by Gasteiger charge is -2.30. The Hall–Kier alpha value is -2.70. The smallest absolute Gasteiger partial charge is 0.232 e. The summed E-state index contributed by atoms with van der Waals surface area (Å²) in [7, 11) is 4.99. The van der Waals surface area contributed by atoms with E-state index in [0.717, 1.165) is 5.56 Å². The molecule has 1 unspecified atom stereocenters. The van der Waals surface area contributed by atoms with Gasteiger partial charge < -0.3 is 14.4 Å². The zero-order valence-electron chi connectivity index (χ0n) is 17.2. The first-order chi connectivity index (χ1) is 14.3. The number of hydrogen-bond donors (Lipinski definition) is 0. The Morgan fingerprint density at radius 2 is 1.87 bits per heavy atom. The number of hydrogen-bond acceptors (Lipinski definition) is 4. The van der Waals surface area contributed by atoms with Gasteiger partial charge in [-0.15, -0.1) is 0 Å². The molecule has 3 rings (SSSR count). The van der Waals surface area contributed by atoms with Crippen LogP contribution in [0.4, 0.5) is 5.69 Å². The van der Waals surface area contributed by atoms with Gasteiger partial charge >= 0.3 is 0 Å². The van der Waals surface area contributed by atoms with Crippen LogP contribution in [0.3, 0.4) is 0 Å². The Labute approximate surface area is 185 Å². The van der Waals surface area contributed by atoms with Crippen molar-refractivity contribution in [1.82, 2.24) is 9.78 Å². The Kier molecular flexibility index (Phi) is 6.90. The molecule has 1 amide bonds. The second-order valence-electron chi connectivity index (χ2n) is 6.80. The standard InChI is InChI=1S/C22H23Cl2N3O3/c1-14(17-10-16(29-3)8-9-21(17)30-4)27(15-12-25-26(2)13-15)22(28)11-18-19(23)6-5-7-20(18)24/h5-10,12-14H,11H2,1-4H3. The quantitative estimate of drug-likeness (QED) is 0.506. The first kappa shape index (κ1) is 22.0. The average molecular weight is 448 g/mol. The summed E-state index contributed by atoms with van der Waals surface area (Å²) >= 11 is 12.6. The van der Waals surface area contributed by atoms with Gasteiger partial charge in [0.2, 0.25) is 5.91 Å². The Bertz CT molecular complexity index is 1030. The molecule has 1 atom stereocenters. The van der Waals surface area contributed by atoms with E-state index in [1.165, 1.54) is 0 Å². The molecule has 158 valence electrons. The maximum Gasteiger partial charge on any atom is 0.232 e. The molecule has 0 saturated heterocycles. The molecule has 30 heavy (non-hydrogen) atoms. The van der Waals surface area contributed by atoms with Gasteiger partial charge in [-0.25, -0.2) is 0 Å². The number of amides is 1. The summed E-state index contributed by atoms with van der Waals surface area (Å²) in [6.07, 6.45) is 3.48. The molecule has 0 radical (unpaired) electrons. The lowest BCUT2D eigenvalue weighted by Crippen LogP contribution is -2.35. The fourth-order valence-electron chi connectivity index (χ4n) is 3.36. The van der Waals surface area contributed by atoms with E-state index < -0.39 is 0 Å². The summed E-state index contributed by atoms with van der Waals surface area (Å²) in [5.41, 5.74) is 2.05. The van der Waals surface area contributed by atoms with Crippen LogP contribution in [0.2, 0.25) is 10.0 Å². The van der Waals surface area contributed by atoms with Crippen LogP contribution in [-0.4, -0.2) is 29.9 Å². The maximum atomic E-state index is 13.5. The minimum atomic E-state index is -0.368. The van der Waals surface area contributed by atoms with Gasteiger partial charge in [0.25, 0.3) is 0 Å².